The Hall–Kier alpha value is -1.77. The zero-order valence-electron chi connectivity index (χ0n) is 14.4. The zero-order chi connectivity index (χ0) is 18.6. The molecule has 1 aliphatic heterocycles. The predicted molar refractivity (Wildman–Crippen MR) is 104 cm³/mol. The largest absolute Gasteiger partial charge is 0.459 e. The minimum absolute atomic E-state index is 0.257. The highest BCUT2D eigenvalue weighted by molar-refractivity contribution is 9.10. The van der Waals surface area contributed by atoms with Crippen molar-refractivity contribution in [1.82, 2.24) is 14.3 Å². The van der Waals surface area contributed by atoms with E-state index in [0.717, 1.165) is 28.4 Å². The molecule has 0 unspecified atom stereocenters. The normalized spacial score (nSPS) is 18.9. The van der Waals surface area contributed by atoms with Gasteiger partial charge in [0.05, 0.1) is 11.0 Å². The average Bonchev–Trinajstić information content (AvgIpc) is 2.63. The van der Waals surface area contributed by atoms with E-state index in [1.54, 1.807) is 18.5 Å². The number of aromatic nitrogens is 2. The van der Waals surface area contributed by atoms with Gasteiger partial charge in [0.2, 0.25) is 10.0 Å². The van der Waals surface area contributed by atoms with Crippen LogP contribution < -0.4 is 4.74 Å². The Morgan fingerprint density at radius 2 is 1.92 bits per heavy atom. The van der Waals surface area contributed by atoms with Crippen LogP contribution in [-0.4, -0.2) is 41.9 Å². The summed E-state index contributed by atoms with van der Waals surface area (Å²) < 4.78 is 33.2. The van der Waals surface area contributed by atoms with Crippen LogP contribution in [0.5, 0.6) is 6.01 Å². The lowest BCUT2D eigenvalue weighted by Gasteiger charge is -2.30. The number of benzene rings is 1. The highest BCUT2D eigenvalue weighted by Gasteiger charge is 2.28. The van der Waals surface area contributed by atoms with Crippen LogP contribution in [0.1, 0.15) is 24.0 Å². The van der Waals surface area contributed by atoms with Crippen LogP contribution >= 0.6 is 15.9 Å². The summed E-state index contributed by atoms with van der Waals surface area (Å²) in [5, 5.41) is 1.26. The molecule has 2 heterocycles. The van der Waals surface area contributed by atoms with Crippen molar-refractivity contribution in [2.45, 2.75) is 25.9 Å². The fraction of sp³-hybridized carbons (Fsp3) is 0.333. The molecule has 1 fully saturated rings. The van der Waals surface area contributed by atoms with E-state index in [4.69, 9.17) is 4.74 Å². The van der Waals surface area contributed by atoms with Gasteiger partial charge in [0.15, 0.2) is 0 Å². The molecule has 1 saturated heterocycles. The third-order valence-corrected chi connectivity index (χ3v) is 6.02. The highest BCUT2D eigenvalue weighted by atomic mass is 79.9. The molecule has 0 amide bonds. The maximum Gasteiger partial charge on any atom is 0.316 e. The molecule has 0 radical (unpaired) electrons. The molecule has 0 bridgehead atoms. The number of rotatable bonds is 5. The van der Waals surface area contributed by atoms with Gasteiger partial charge in [-0.3, -0.25) is 0 Å². The van der Waals surface area contributed by atoms with E-state index in [0.29, 0.717) is 13.1 Å². The lowest BCUT2D eigenvalue weighted by molar-refractivity contribution is 0.119. The van der Waals surface area contributed by atoms with E-state index >= 15 is 0 Å². The maximum atomic E-state index is 12.6. The smallest absolute Gasteiger partial charge is 0.316 e. The minimum Gasteiger partial charge on any atom is -0.459 e. The van der Waals surface area contributed by atoms with E-state index in [2.05, 4.69) is 25.9 Å². The Balaban J connectivity index is 1.65. The van der Waals surface area contributed by atoms with Gasteiger partial charge in [-0.1, -0.05) is 29.8 Å². The Kier molecular flexibility index (Phi) is 6.05. The van der Waals surface area contributed by atoms with Gasteiger partial charge in [-0.05, 0) is 47.3 Å². The summed E-state index contributed by atoms with van der Waals surface area (Å²) in [5.41, 5.74) is 1.99. The highest BCUT2D eigenvalue weighted by Crippen LogP contribution is 2.20. The van der Waals surface area contributed by atoms with Crippen LogP contribution in [0.4, 0.5) is 0 Å². The molecule has 0 saturated carbocycles. The summed E-state index contributed by atoms with van der Waals surface area (Å²) in [4.78, 5) is 8.16. The number of sulfonamides is 1. The summed E-state index contributed by atoms with van der Waals surface area (Å²) in [5.74, 6) is 0. The fourth-order valence-corrected chi connectivity index (χ4v) is 4.13. The number of piperidine rings is 1. The first-order valence-electron chi connectivity index (χ1n) is 8.31. The first kappa shape index (κ1) is 19.0. The molecule has 26 heavy (non-hydrogen) atoms. The van der Waals surface area contributed by atoms with Crippen LogP contribution in [0.25, 0.3) is 6.08 Å². The maximum absolute atomic E-state index is 12.6. The Morgan fingerprint density at radius 3 is 2.62 bits per heavy atom. The van der Waals surface area contributed by atoms with Crippen molar-refractivity contribution in [1.29, 1.82) is 0 Å². The van der Waals surface area contributed by atoms with Crippen LogP contribution in [0, 0.1) is 6.92 Å². The predicted octanol–water partition coefficient (Wildman–Crippen LogP) is 3.39. The molecule has 1 atom stereocenters. The molecular formula is C18H20BrN3O3S. The molecule has 1 aromatic heterocycles. The number of hydrogen-bond acceptors (Lipinski definition) is 5. The van der Waals surface area contributed by atoms with E-state index in [-0.39, 0.29) is 12.1 Å². The summed E-state index contributed by atoms with van der Waals surface area (Å²) in [7, 11) is -3.50. The number of halogens is 1. The second-order valence-corrected chi connectivity index (χ2v) is 8.92. The molecule has 3 rings (SSSR count). The molecule has 6 nitrogen and oxygen atoms in total. The quantitative estimate of drug-likeness (QED) is 0.716. The Labute approximate surface area is 162 Å². The van der Waals surface area contributed by atoms with Gasteiger partial charge in [0.25, 0.3) is 0 Å². The lowest BCUT2D eigenvalue weighted by atomic mass is 10.1. The number of aryl methyl sites for hydroxylation is 1. The van der Waals surface area contributed by atoms with Crippen LogP contribution in [-0.2, 0) is 10.0 Å². The fourth-order valence-electron chi connectivity index (χ4n) is 2.67. The second kappa shape index (κ2) is 8.28. The number of nitrogens with zero attached hydrogens (tertiary/aromatic N) is 3. The van der Waals surface area contributed by atoms with Gasteiger partial charge in [-0.2, -0.15) is 4.31 Å². The van der Waals surface area contributed by atoms with Gasteiger partial charge >= 0.3 is 6.01 Å². The summed E-state index contributed by atoms with van der Waals surface area (Å²) in [6.45, 7) is 2.77. The second-order valence-electron chi connectivity index (χ2n) is 6.18. The van der Waals surface area contributed by atoms with E-state index in [1.165, 1.54) is 9.71 Å². The molecule has 1 aromatic carbocycles. The number of hydrogen-bond donors (Lipinski definition) is 0. The van der Waals surface area contributed by atoms with Gasteiger partial charge in [0.1, 0.15) is 6.10 Å². The summed E-state index contributed by atoms with van der Waals surface area (Å²) >= 11 is 3.27. The van der Waals surface area contributed by atoms with Crippen molar-refractivity contribution < 1.29 is 13.2 Å². The van der Waals surface area contributed by atoms with Crippen molar-refractivity contribution in [3.05, 3.63) is 57.7 Å². The van der Waals surface area contributed by atoms with Gasteiger partial charge in [-0.25, -0.2) is 18.4 Å². The van der Waals surface area contributed by atoms with Crippen molar-refractivity contribution >= 4 is 32.0 Å². The monoisotopic (exact) mass is 437 g/mol. The van der Waals surface area contributed by atoms with Crippen molar-refractivity contribution in [2.75, 3.05) is 13.1 Å². The van der Waals surface area contributed by atoms with Gasteiger partial charge in [0, 0.05) is 24.3 Å². The van der Waals surface area contributed by atoms with E-state index in [9.17, 15) is 8.42 Å². The average molecular weight is 438 g/mol. The van der Waals surface area contributed by atoms with Gasteiger partial charge < -0.3 is 4.74 Å². The summed E-state index contributed by atoms with van der Waals surface area (Å²) in [6.07, 6.45) is 6.07. The standard InChI is InChI=1S/C18H20BrN3O3S/c1-14-4-6-15(7-5-14)8-10-26(23,24)22-9-2-3-17(13-22)25-18-20-11-16(19)12-21-18/h4-8,10-12,17H,2-3,9,13H2,1H3/b10-8+/t17-/m0/s1. The molecule has 138 valence electrons. The SMILES string of the molecule is Cc1ccc(/C=C/S(=O)(=O)N2CCC[C@H](Oc3ncc(Br)cn3)C2)cc1. The topological polar surface area (TPSA) is 72.4 Å². The van der Waals surface area contributed by atoms with Crippen molar-refractivity contribution in [3.8, 4) is 6.01 Å². The Bertz CT molecular complexity index is 868. The third kappa shape index (κ3) is 5.12. The van der Waals surface area contributed by atoms with E-state index in [1.807, 2.05) is 31.2 Å². The first-order valence-corrected chi connectivity index (χ1v) is 10.6. The molecule has 0 N–H and O–H groups in total. The van der Waals surface area contributed by atoms with E-state index < -0.39 is 10.0 Å². The van der Waals surface area contributed by atoms with Crippen molar-refractivity contribution in [3.63, 3.8) is 0 Å². The van der Waals surface area contributed by atoms with Crippen LogP contribution in [0.2, 0.25) is 0 Å². The minimum atomic E-state index is -3.50. The molecular weight excluding hydrogens is 418 g/mol. The molecule has 1 aliphatic rings. The number of ether oxygens (including phenoxy) is 1. The van der Waals surface area contributed by atoms with Gasteiger partial charge in [-0.15, -0.1) is 0 Å². The molecule has 8 heteroatoms. The van der Waals surface area contributed by atoms with Crippen LogP contribution in [0.15, 0.2) is 46.5 Å². The molecule has 0 aliphatic carbocycles. The Morgan fingerprint density at radius 1 is 1.23 bits per heavy atom. The third-order valence-electron chi connectivity index (χ3n) is 4.08. The van der Waals surface area contributed by atoms with Crippen LogP contribution in [0.3, 0.4) is 0 Å². The summed E-state index contributed by atoms with van der Waals surface area (Å²) in [6, 6.07) is 7.96. The molecule has 2 aromatic rings. The lowest BCUT2D eigenvalue weighted by Crippen LogP contribution is -2.43. The van der Waals surface area contributed by atoms with Crippen molar-refractivity contribution in [2.24, 2.45) is 0 Å². The zero-order valence-corrected chi connectivity index (χ0v) is 16.8. The first-order chi connectivity index (χ1) is 12.4. The molecule has 0 spiro atoms.